The number of aliphatic hydroxyl groups is 1. The van der Waals surface area contributed by atoms with E-state index in [4.69, 9.17) is 5.11 Å². The second-order valence-electron chi connectivity index (χ2n) is 2.05. The van der Waals surface area contributed by atoms with Gasteiger partial charge in [-0.05, 0) is 0 Å². The fraction of sp³-hybridized carbons (Fsp3) is 1.00. The third-order valence-corrected chi connectivity index (χ3v) is 1.76. The highest BCUT2D eigenvalue weighted by molar-refractivity contribution is 6.24. The van der Waals surface area contributed by atoms with E-state index < -0.39 is 23.6 Å². The summed E-state index contributed by atoms with van der Waals surface area (Å²) in [5.74, 6) is -3.77. The van der Waals surface area contributed by atoms with Crippen LogP contribution in [-0.2, 0) is 0 Å². The predicted octanol–water partition coefficient (Wildman–Crippen LogP) is 1.29. The van der Waals surface area contributed by atoms with Crippen LogP contribution in [0.1, 0.15) is 6.42 Å². The molecule has 0 radical (unpaired) electrons. The lowest BCUT2D eigenvalue weighted by atomic mass is 9.88. The van der Waals surface area contributed by atoms with Gasteiger partial charge in [0.15, 0.2) is 0 Å². The molecule has 0 aliphatic heterocycles. The molecule has 1 fully saturated rings. The van der Waals surface area contributed by atoms with Crippen molar-refractivity contribution in [2.45, 2.75) is 23.6 Å². The van der Waals surface area contributed by atoms with E-state index >= 15 is 0 Å². The van der Waals surface area contributed by atoms with Gasteiger partial charge in [-0.25, -0.2) is 4.39 Å². The normalized spacial score (nSPS) is 48.3. The van der Waals surface area contributed by atoms with Crippen molar-refractivity contribution in [1.29, 1.82) is 0 Å². The van der Waals surface area contributed by atoms with Crippen LogP contribution in [0.5, 0.6) is 0 Å². The Bertz CT molecular complexity index is 136. The summed E-state index contributed by atoms with van der Waals surface area (Å²) in [5.41, 5.74) is 0. The molecule has 0 amide bonds. The first-order valence-corrected chi connectivity index (χ1v) is 2.69. The van der Waals surface area contributed by atoms with Gasteiger partial charge in [0.05, 0.1) is 0 Å². The Labute approximate surface area is 54.4 Å². The van der Waals surface area contributed by atoms with Crippen molar-refractivity contribution >= 4 is 11.6 Å². The monoisotopic (exact) mass is 160 g/mol. The topological polar surface area (TPSA) is 20.2 Å². The van der Waals surface area contributed by atoms with E-state index in [0.717, 1.165) is 0 Å². The Balaban J connectivity index is 2.70. The molecule has 5 heteroatoms. The third kappa shape index (κ3) is 0.730. The van der Waals surface area contributed by atoms with Gasteiger partial charge in [-0.3, -0.25) is 0 Å². The summed E-state index contributed by atoms with van der Waals surface area (Å²) < 4.78 is 36.0. The van der Waals surface area contributed by atoms with Crippen molar-refractivity contribution in [1.82, 2.24) is 0 Å². The van der Waals surface area contributed by atoms with Crippen LogP contribution >= 0.6 is 11.6 Å². The number of halogens is 4. The van der Waals surface area contributed by atoms with Gasteiger partial charge in [0.2, 0.25) is 0 Å². The largest absolute Gasteiger partial charge is 0.386 e. The predicted molar refractivity (Wildman–Crippen MR) is 25.3 cm³/mol. The van der Waals surface area contributed by atoms with Crippen molar-refractivity contribution in [2.75, 3.05) is 0 Å². The van der Waals surface area contributed by atoms with Crippen LogP contribution in [-0.4, -0.2) is 22.3 Å². The van der Waals surface area contributed by atoms with Gasteiger partial charge >= 0.3 is 5.92 Å². The summed E-state index contributed by atoms with van der Waals surface area (Å²) in [7, 11) is 0. The highest BCUT2D eigenvalue weighted by Gasteiger charge is 2.69. The van der Waals surface area contributed by atoms with E-state index in [1.54, 1.807) is 0 Å². The first kappa shape index (κ1) is 7.15. The zero-order valence-corrected chi connectivity index (χ0v) is 5.00. The van der Waals surface area contributed by atoms with E-state index in [9.17, 15) is 13.2 Å². The molecule has 0 saturated heterocycles. The standard InChI is InChI=1S/C4H4ClF3O/c5-3(6)1-2(9)4(3,7)8/h2,9H,1H2/t2-,3-/m0/s1. The second-order valence-corrected chi connectivity index (χ2v) is 2.65. The van der Waals surface area contributed by atoms with Crippen LogP contribution in [0.2, 0.25) is 0 Å². The number of alkyl halides is 4. The Hall–Kier alpha value is 0.0400. The molecule has 1 N–H and O–H groups in total. The van der Waals surface area contributed by atoms with Gasteiger partial charge in [0, 0.05) is 6.42 Å². The molecule has 2 atom stereocenters. The zero-order valence-electron chi connectivity index (χ0n) is 4.24. The van der Waals surface area contributed by atoms with E-state index in [2.05, 4.69) is 11.6 Å². The molecule has 1 nitrogen and oxygen atoms in total. The molecule has 1 rings (SSSR count). The van der Waals surface area contributed by atoms with Crippen molar-refractivity contribution < 1.29 is 18.3 Å². The quantitative estimate of drug-likeness (QED) is 0.530. The Morgan fingerprint density at radius 3 is 1.89 bits per heavy atom. The maximum atomic E-state index is 12.1. The fourth-order valence-corrected chi connectivity index (χ4v) is 0.892. The smallest absolute Gasteiger partial charge is 0.320 e. The van der Waals surface area contributed by atoms with Crippen LogP contribution in [0.25, 0.3) is 0 Å². The van der Waals surface area contributed by atoms with Gasteiger partial charge in [0.1, 0.15) is 6.10 Å². The van der Waals surface area contributed by atoms with Gasteiger partial charge in [-0.2, -0.15) is 8.78 Å². The average Bonchev–Trinajstić information content (AvgIpc) is 1.65. The lowest BCUT2D eigenvalue weighted by molar-refractivity contribution is -0.245. The molecular formula is C4H4ClF3O. The lowest BCUT2D eigenvalue weighted by Gasteiger charge is -2.41. The molecular weight excluding hydrogens is 156 g/mol. The molecule has 9 heavy (non-hydrogen) atoms. The van der Waals surface area contributed by atoms with Crippen LogP contribution in [0.4, 0.5) is 13.2 Å². The van der Waals surface area contributed by atoms with Gasteiger partial charge in [-0.15, -0.1) is 0 Å². The first-order valence-electron chi connectivity index (χ1n) is 2.31. The Morgan fingerprint density at radius 1 is 1.44 bits per heavy atom. The minimum Gasteiger partial charge on any atom is -0.386 e. The van der Waals surface area contributed by atoms with Crippen molar-refractivity contribution in [3.63, 3.8) is 0 Å². The number of rotatable bonds is 0. The number of hydrogen-bond donors (Lipinski definition) is 1. The highest BCUT2D eigenvalue weighted by Crippen LogP contribution is 2.52. The summed E-state index contributed by atoms with van der Waals surface area (Å²) in [5, 5.41) is 5.22. The fourth-order valence-electron chi connectivity index (χ4n) is 0.620. The van der Waals surface area contributed by atoms with Crippen LogP contribution in [0.3, 0.4) is 0 Å². The van der Waals surface area contributed by atoms with Crippen LogP contribution in [0.15, 0.2) is 0 Å². The summed E-state index contributed by atoms with van der Waals surface area (Å²) >= 11 is 4.61. The molecule has 0 bridgehead atoms. The first-order chi connectivity index (χ1) is 3.88. The third-order valence-electron chi connectivity index (χ3n) is 1.36. The zero-order chi connectivity index (χ0) is 7.28. The highest BCUT2D eigenvalue weighted by atomic mass is 35.5. The summed E-state index contributed by atoms with van der Waals surface area (Å²) in [6.45, 7) is 0. The Kier molecular flexibility index (Phi) is 1.23. The molecule has 1 aliphatic carbocycles. The minimum absolute atomic E-state index is 0.693. The molecule has 0 aromatic carbocycles. The van der Waals surface area contributed by atoms with Crippen molar-refractivity contribution in [2.24, 2.45) is 0 Å². The molecule has 0 aromatic rings. The van der Waals surface area contributed by atoms with E-state index in [-0.39, 0.29) is 0 Å². The Morgan fingerprint density at radius 2 is 1.89 bits per heavy atom. The molecule has 1 saturated carbocycles. The van der Waals surface area contributed by atoms with E-state index in [1.807, 2.05) is 0 Å². The minimum atomic E-state index is -3.77. The summed E-state index contributed by atoms with van der Waals surface area (Å²) in [6, 6.07) is 0. The number of hydrogen-bond acceptors (Lipinski definition) is 1. The van der Waals surface area contributed by atoms with Crippen LogP contribution in [0, 0.1) is 0 Å². The lowest BCUT2D eigenvalue weighted by Crippen LogP contribution is -2.61. The second kappa shape index (κ2) is 1.55. The van der Waals surface area contributed by atoms with Gasteiger partial charge < -0.3 is 5.11 Å². The van der Waals surface area contributed by atoms with Crippen molar-refractivity contribution in [3.8, 4) is 0 Å². The van der Waals surface area contributed by atoms with Crippen molar-refractivity contribution in [3.05, 3.63) is 0 Å². The SMILES string of the molecule is O[C@H]1C[C@@](F)(Cl)C1(F)F. The summed E-state index contributed by atoms with van der Waals surface area (Å²) in [6.07, 6.45) is -2.61. The number of aliphatic hydroxyl groups excluding tert-OH is 1. The van der Waals surface area contributed by atoms with E-state index in [1.165, 1.54) is 0 Å². The maximum absolute atomic E-state index is 12.1. The molecule has 54 valence electrons. The van der Waals surface area contributed by atoms with Crippen LogP contribution < -0.4 is 0 Å². The molecule has 1 aliphatic rings. The molecule has 0 spiro atoms. The molecule has 0 aromatic heterocycles. The molecule has 0 heterocycles. The average molecular weight is 161 g/mol. The van der Waals surface area contributed by atoms with Gasteiger partial charge in [-0.1, -0.05) is 11.6 Å². The maximum Gasteiger partial charge on any atom is 0.320 e. The molecule has 0 unspecified atom stereocenters. The summed E-state index contributed by atoms with van der Waals surface area (Å²) in [4.78, 5) is 0. The van der Waals surface area contributed by atoms with E-state index in [0.29, 0.717) is 0 Å². The van der Waals surface area contributed by atoms with Gasteiger partial charge in [0.25, 0.3) is 5.13 Å².